The summed E-state index contributed by atoms with van der Waals surface area (Å²) in [5, 5.41) is 0. The standard InChI is InChI=1S/C26H28N4O3/c1-19-16-28-23(17-27-19)24(31)30-13-14-33-26(18-30,25(32)29(2)3)15-21-11-7-8-12-22(21)20-9-5-4-6-10-20/h4-12,16-17H,13-15,18H2,1-3H3/t26-/m1/s1. The van der Waals surface area contributed by atoms with Gasteiger partial charge in [-0.15, -0.1) is 0 Å². The van der Waals surface area contributed by atoms with Gasteiger partial charge in [-0.1, -0.05) is 54.6 Å². The summed E-state index contributed by atoms with van der Waals surface area (Å²) in [5.41, 5.74) is 2.91. The van der Waals surface area contributed by atoms with Crippen LogP contribution in [0.25, 0.3) is 11.1 Å². The van der Waals surface area contributed by atoms with Crippen LogP contribution in [-0.4, -0.2) is 71.0 Å². The second kappa shape index (κ2) is 9.50. The molecule has 7 nitrogen and oxygen atoms in total. The Morgan fingerprint density at radius 1 is 1.03 bits per heavy atom. The summed E-state index contributed by atoms with van der Waals surface area (Å²) in [7, 11) is 3.42. The molecule has 0 unspecified atom stereocenters. The van der Waals surface area contributed by atoms with E-state index in [4.69, 9.17) is 4.74 Å². The molecule has 1 atom stereocenters. The molecule has 1 saturated heterocycles. The van der Waals surface area contributed by atoms with Crippen LogP contribution in [0.15, 0.2) is 67.0 Å². The SMILES string of the molecule is Cc1cnc(C(=O)N2CCO[C@@](Cc3ccccc3-c3ccccc3)(C(=O)N(C)C)C2)cn1. The van der Waals surface area contributed by atoms with Crippen molar-refractivity contribution >= 4 is 11.8 Å². The molecule has 0 aliphatic carbocycles. The Balaban J connectivity index is 1.69. The highest BCUT2D eigenvalue weighted by Crippen LogP contribution is 2.31. The van der Waals surface area contributed by atoms with Gasteiger partial charge in [-0.05, 0) is 23.6 Å². The van der Waals surface area contributed by atoms with Crippen LogP contribution >= 0.6 is 0 Å². The number of ether oxygens (including phenoxy) is 1. The van der Waals surface area contributed by atoms with Crippen molar-refractivity contribution in [3.8, 4) is 11.1 Å². The monoisotopic (exact) mass is 444 g/mol. The molecule has 1 aromatic heterocycles. The first-order chi connectivity index (χ1) is 15.9. The van der Waals surface area contributed by atoms with Gasteiger partial charge in [-0.25, -0.2) is 4.98 Å². The Morgan fingerprint density at radius 3 is 2.45 bits per heavy atom. The van der Waals surface area contributed by atoms with Crippen molar-refractivity contribution in [1.82, 2.24) is 19.8 Å². The van der Waals surface area contributed by atoms with E-state index in [1.54, 1.807) is 25.2 Å². The van der Waals surface area contributed by atoms with E-state index in [0.717, 1.165) is 22.4 Å². The number of nitrogens with zero attached hydrogens (tertiary/aromatic N) is 4. The molecule has 33 heavy (non-hydrogen) atoms. The Labute approximate surface area is 194 Å². The van der Waals surface area contributed by atoms with Gasteiger partial charge in [-0.3, -0.25) is 14.6 Å². The summed E-state index contributed by atoms with van der Waals surface area (Å²) in [6.45, 7) is 2.61. The van der Waals surface area contributed by atoms with Crippen molar-refractivity contribution in [2.75, 3.05) is 33.8 Å². The quantitative estimate of drug-likeness (QED) is 0.605. The number of carbonyl (C=O) groups excluding carboxylic acids is 2. The molecule has 1 fully saturated rings. The smallest absolute Gasteiger partial charge is 0.274 e. The molecular formula is C26H28N4O3. The Bertz CT molecular complexity index is 1130. The largest absolute Gasteiger partial charge is 0.361 e. The van der Waals surface area contributed by atoms with Crippen molar-refractivity contribution in [2.24, 2.45) is 0 Å². The zero-order valence-corrected chi connectivity index (χ0v) is 19.2. The zero-order valence-electron chi connectivity index (χ0n) is 19.2. The maximum Gasteiger partial charge on any atom is 0.274 e. The normalized spacial score (nSPS) is 18.1. The Morgan fingerprint density at radius 2 is 1.76 bits per heavy atom. The van der Waals surface area contributed by atoms with Crippen LogP contribution in [0.2, 0.25) is 0 Å². The fraction of sp³-hybridized carbons (Fsp3) is 0.308. The molecule has 2 aromatic carbocycles. The molecule has 2 heterocycles. The van der Waals surface area contributed by atoms with Crippen LogP contribution in [0, 0.1) is 6.92 Å². The van der Waals surface area contributed by atoms with Crippen molar-refractivity contribution in [1.29, 1.82) is 0 Å². The van der Waals surface area contributed by atoms with Gasteiger partial charge in [0.05, 0.1) is 25.0 Å². The molecule has 4 rings (SSSR count). The number of likely N-dealkylation sites (N-methyl/N-ethyl adjacent to an activating group) is 1. The molecule has 0 bridgehead atoms. The number of benzene rings is 2. The van der Waals surface area contributed by atoms with E-state index in [1.807, 2.05) is 61.5 Å². The van der Waals surface area contributed by atoms with Crippen LogP contribution in [0.4, 0.5) is 0 Å². The fourth-order valence-corrected chi connectivity index (χ4v) is 4.22. The number of hydrogen-bond donors (Lipinski definition) is 0. The van der Waals surface area contributed by atoms with Crippen molar-refractivity contribution < 1.29 is 14.3 Å². The Hall–Kier alpha value is -3.58. The number of rotatable bonds is 5. The summed E-state index contributed by atoms with van der Waals surface area (Å²) in [6.07, 6.45) is 3.40. The number of carbonyl (C=O) groups is 2. The summed E-state index contributed by atoms with van der Waals surface area (Å²) in [5.74, 6) is -0.420. The van der Waals surface area contributed by atoms with Gasteiger partial charge in [0.15, 0.2) is 5.60 Å². The number of amides is 2. The number of morpholine rings is 1. The minimum Gasteiger partial charge on any atom is -0.361 e. The van der Waals surface area contributed by atoms with E-state index in [2.05, 4.69) is 9.97 Å². The molecule has 0 spiro atoms. The highest BCUT2D eigenvalue weighted by molar-refractivity contribution is 5.93. The van der Waals surface area contributed by atoms with Crippen LogP contribution < -0.4 is 0 Å². The van der Waals surface area contributed by atoms with Gasteiger partial charge in [0.2, 0.25) is 0 Å². The van der Waals surface area contributed by atoms with E-state index < -0.39 is 5.60 Å². The van der Waals surface area contributed by atoms with Crippen LogP contribution in [0.3, 0.4) is 0 Å². The van der Waals surface area contributed by atoms with Crippen molar-refractivity contribution in [3.63, 3.8) is 0 Å². The highest BCUT2D eigenvalue weighted by atomic mass is 16.5. The lowest BCUT2D eigenvalue weighted by Crippen LogP contribution is -2.61. The van der Waals surface area contributed by atoms with Crippen molar-refractivity contribution in [3.05, 3.63) is 83.9 Å². The second-order valence-electron chi connectivity index (χ2n) is 8.51. The molecule has 0 radical (unpaired) electrons. The van der Waals surface area contributed by atoms with Gasteiger partial charge in [0.25, 0.3) is 11.8 Å². The average molecular weight is 445 g/mol. The lowest BCUT2D eigenvalue weighted by atomic mass is 9.87. The van der Waals surface area contributed by atoms with Gasteiger partial charge in [-0.2, -0.15) is 0 Å². The second-order valence-corrected chi connectivity index (χ2v) is 8.51. The highest BCUT2D eigenvalue weighted by Gasteiger charge is 2.46. The average Bonchev–Trinajstić information content (AvgIpc) is 2.84. The third kappa shape index (κ3) is 4.78. The first kappa shape index (κ1) is 22.6. The van der Waals surface area contributed by atoms with Gasteiger partial charge < -0.3 is 14.5 Å². The summed E-state index contributed by atoms with van der Waals surface area (Å²) >= 11 is 0. The molecule has 7 heteroatoms. The minimum atomic E-state index is -1.19. The predicted molar refractivity (Wildman–Crippen MR) is 126 cm³/mol. The molecule has 170 valence electrons. The van der Waals surface area contributed by atoms with Gasteiger partial charge >= 0.3 is 0 Å². The molecule has 3 aromatic rings. The maximum atomic E-state index is 13.5. The van der Waals surface area contributed by atoms with Gasteiger partial charge in [0.1, 0.15) is 5.69 Å². The molecular weight excluding hydrogens is 416 g/mol. The van der Waals surface area contributed by atoms with Crippen LogP contribution in [-0.2, 0) is 16.0 Å². The molecule has 0 N–H and O–H groups in total. The summed E-state index contributed by atoms with van der Waals surface area (Å²) in [4.78, 5) is 38.2. The minimum absolute atomic E-state index is 0.140. The third-order valence-corrected chi connectivity index (χ3v) is 5.85. The van der Waals surface area contributed by atoms with Crippen LogP contribution in [0.1, 0.15) is 21.7 Å². The summed E-state index contributed by atoms with van der Waals surface area (Å²) < 4.78 is 6.20. The fourth-order valence-electron chi connectivity index (χ4n) is 4.22. The number of aryl methyl sites for hydroxylation is 1. The van der Waals surface area contributed by atoms with Crippen LogP contribution in [0.5, 0.6) is 0 Å². The molecule has 1 aliphatic rings. The third-order valence-electron chi connectivity index (χ3n) is 5.85. The van der Waals surface area contributed by atoms with Gasteiger partial charge in [0, 0.05) is 33.3 Å². The van der Waals surface area contributed by atoms with E-state index in [1.165, 1.54) is 11.1 Å². The lowest BCUT2D eigenvalue weighted by molar-refractivity contribution is -0.165. The summed E-state index contributed by atoms with van der Waals surface area (Å²) in [6, 6.07) is 18.1. The van der Waals surface area contributed by atoms with E-state index >= 15 is 0 Å². The molecule has 2 amide bonds. The topological polar surface area (TPSA) is 75.6 Å². The number of aromatic nitrogens is 2. The Kier molecular flexibility index (Phi) is 6.51. The zero-order chi connectivity index (χ0) is 23.4. The molecule has 0 saturated carbocycles. The first-order valence-electron chi connectivity index (χ1n) is 11.0. The van der Waals surface area contributed by atoms with Crippen molar-refractivity contribution in [2.45, 2.75) is 18.9 Å². The van der Waals surface area contributed by atoms with E-state index in [-0.39, 0.29) is 30.7 Å². The molecule has 1 aliphatic heterocycles. The van der Waals surface area contributed by atoms with E-state index in [0.29, 0.717) is 13.0 Å². The maximum absolute atomic E-state index is 13.5. The van der Waals surface area contributed by atoms with E-state index in [9.17, 15) is 9.59 Å². The number of hydrogen-bond acceptors (Lipinski definition) is 5. The first-order valence-corrected chi connectivity index (χ1v) is 11.0. The lowest BCUT2D eigenvalue weighted by Gasteiger charge is -2.43. The predicted octanol–water partition coefficient (Wildman–Crippen LogP) is 2.99.